The topological polar surface area (TPSA) is 0 Å². The van der Waals surface area contributed by atoms with Gasteiger partial charge in [0.15, 0.2) is 0 Å². The molecule has 1 aromatic carbocycles. The number of hydrogen-bond donors (Lipinski definition) is 0. The molecule has 0 fully saturated rings. The molecule has 0 heterocycles. The first-order valence-corrected chi connectivity index (χ1v) is 5.07. The van der Waals surface area contributed by atoms with Crippen LogP contribution in [0.5, 0.6) is 0 Å². The predicted octanol–water partition coefficient (Wildman–Crippen LogP) is 4.23. The van der Waals surface area contributed by atoms with Gasteiger partial charge in [-0.1, -0.05) is 49.4 Å². The molecule has 0 saturated carbocycles. The van der Waals surface area contributed by atoms with Crippen LogP contribution in [0.25, 0.3) is 5.57 Å². The molecule has 0 saturated heterocycles. The fourth-order valence-electron chi connectivity index (χ4n) is 1.57. The van der Waals surface area contributed by atoms with Crippen LogP contribution in [0, 0.1) is 0 Å². The maximum absolute atomic E-state index is 4.10. The first kappa shape index (κ1) is 10.8. The van der Waals surface area contributed by atoms with Crippen LogP contribution in [0.2, 0.25) is 0 Å². The van der Waals surface area contributed by atoms with Crippen molar-refractivity contribution in [3.8, 4) is 0 Å². The molecular formula is C14H18. The lowest BCUT2D eigenvalue weighted by Gasteiger charge is -2.07. The third-order valence-corrected chi connectivity index (χ3v) is 2.21. The summed E-state index contributed by atoms with van der Waals surface area (Å²) in [5, 5.41) is 0. The van der Waals surface area contributed by atoms with Gasteiger partial charge in [-0.25, -0.2) is 0 Å². The molecule has 0 heteroatoms. The largest absolute Gasteiger partial charge is 0.0912 e. The van der Waals surface area contributed by atoms with Crippen LogP contribution in [-0.2, 0) is 6.42 Å². The van der Waals surface area contributed by atoms with Crippen molar-refractivity contribution in [1.82, 2.24) is 0 Å². The van der Waals surface area contributed by atoms with Crippen molar-refractivity contribution in [3.63, 3.8) is 0 Å². The number of benzene rings is 1. The summed E-state index contributed by atoms with van der Waals surface area (Å²) in [5.74, 6) is 0. The molecule has 0 aromatic heterocycles. The lowest BCUT2D eigenvalue weighted by atomic mass is 9.98. The Balaban J connectivity index is 3.06. The van der Waals surface area contributed by atoms with E-state index in [2.05, 4.69) is 57.7 Å². The van der Waals surface area contributed by atoms with E-state index in [1.165, 1.54) is 16.7 Å². The van der Waals surface area contributed by atoms with E-state index in [0.717, 1.165) is 12.0 Å². The Kier molecular flexibility index (Phi) is 3.70. The Morgan fingerprint density at radius 3 is 2.50 bits per heavy atom. The molecule has 74 valence electrons. The summed E-state index contributed by atoms with van der Waals surface area (Å²) in [4.78, 5) is 0. The van der Waals surface area contributed by atoms with Gasteiger partial charge in [0, 0.05) is 0 Å². The van der Waals surface area contributed by atoms with Crippen LogP contribution in [0.1, 0.15) is 31.9 Å². The number of allylic oxidation sites excluding steroid dienone is 3. The fourth-order valence-corrected chi connectivity index (χ4v) is 1.57. The molecule has 0 aliphatic heterocycles. The van der Waals surface area contributed by atoms with E-state index >= 15 is 0 Å². The van der Waals surface area contributed by atoms with E-state index in [0.29, 0.717) is 0 Å². The van der Waals surface area contributed by atoms with Crippen molar-refractivity contribution >= 4 is 5.57 Å². The molecule has 0 unspecified atom stereocenters. The van der Waals surface area contributed by atoms with Gasteiger partial charge in [0.1, 0.15) is 0 Å². The highest BCUT2D eigenvalue weighted by molar-refractivity contribution is 5.74. The van der Waals surface area contributed by atoms with E-state index in [1.807, 2.05) is 0 Å². The van der Waals surface area contributed by atoms with Crippen LogP contribution in [0.3, 0.4) is 0 Å². The summed E-state index contributed by atoms with van der Waals surface area (Å²) in [5.41, 5.74) is 5.05. The van der Waals surface area contributed by atoms with Crippen LogP contribution < -0.4 is 0 Å². The standard InChI is InChI=1S/C14H18/c1-5-13-8-6-7-9-14(13)12(4)10-11(2)3/h6-10H,4-5H2,1-3H3. The zero-order valence-electron chi connectivity index (χ0n) is 9.30. The normalized spacial score (nSPS) is 9.64. The summed E-state index contributed by atoms with van der Waals surface area (Å²) in [7, 11) is 0. The summed E-state index contributed by atoms with van der Waals surface area (Å²) >= 11 is 0. The second kappa shape index (κ2) is 4.80. The molecule has 0 radical (unpaired) electrons. The summed E-state index contributed by atoms with van der Waals surface area (Å²) < 4.78 is 0. The van der Waals surface area contributed by atoms with Gasteiger partial charge in [0.25, 0.3) is 0 Å². The van der Waals surface area contributed by atoms with E-state index in [9.17, 15) is 0 Å². The highest BCUT2D eigenvalue weighted by Crippen LogP contribution is 2.20. The van der Waals surface area contributed by atoms with Crippen molar-refractivity contribution in [2.75, 3.05) is 0 Å². The molecule has 0 N–H and O–H groups in total. The summed E-state index contributed by atoms with van der Waals surface area (Å²) in [6.45, 7) is 10.5. The minimum atomic E-state index is 1.06. The minimum Gasteiger partial charge on any atom is -0.0912 e. The molecule has 0 aliphatic carbocycles. The van der Waals surface area contributed by atoms with E-state index in [4.69, 9.17) is 0 Å². The molecule has 0 nitrogen and oxygen atoms in total. The first-order valence-electron chi connectivity index (χ1n) is 5.07. The van der Waals surface area contributed by atoms with Crippen molar-refractivity contribution in [2.45, 2.75) is 27.2 Å². The Morgan fingerprint density at radius 2 is 1.93 bits per heavy atom. The van der Waals surface area contributed by atoms with Crippen LogP contribution in [0.15, 0.2) is 42.5 Å². The Hall–Kier alpha value is -1.30. The number of hydrogen-bond acceptors (Lipinski definition) is 0. The molecule has 0 amide bonds. The van der Waals surface area contributed by atoms with Gasteiger partial charge in [-0.15, -0.1) is 0 Å². The average Bonchev–Trinajstić information content (AvgIpc) is 2.16. The van der Waals surface area contributed by atoms with Gasteiger partial charge in [-0.05, 0) is 37.0 Å². The van der Waals surface area contributed by atoms with Gasteiger partial charge in [0.05, 0.1) is 0 Å². The molecule has 0 atom stereocenters. The molecule has 0 spiro atoms. The number of aryl methyl sites for hydroxylation is 1. The average molecular weight is 186 g/mol. The minimum absolute atomic E-state index is 1.06. The first-order chi connectivity index (χ1) is 6.65. The second-order valence-corrected chi connectivity index (χ2v) is 3.76. The quantitative estimate of drug-likeness (QED) is 0.620. The molecule has 1 aromatic rings. The molecule has 1 rings (SSSR count). The lowest BCUT2D eigenvalue weighted by Crippen LogP contribution is -1.89. The van der Waals surface area contributed by atoms with Crippen LogP contribution >= 0.6 is 0 Å². The second-order valence-electron chi connectivity index (χ2n) is 3.76. The maximum atomic E-state index is 4.10. The van der Waals surface area contributed by atoms with Gasteiger partial charge in [0.2, 0.25) is 0 Å². The van der Waals surface area contributed by atoms with E-state index in [-0.39, 0.29) is 0 Å². The number of rotatable bonds is 3. The Morgan fingerprint density at radius 1 is 1.29 bits per heavy atom. The van der Waals surface area contributed by atoms with Crippen molar-refractivity contribution in [1.29, 1.82) is 0 Å². The van der Waals surface area contributed by atoms with E-state index in [1.54, 1.807) is 0 Å². The molecule has 0 aliphatic rings. The van der Waals surface area contributed by atoms with Crippen molar-refractivity contribution in [3.05, 3.63) is 53.6 Å². The predicted molar refractivity (Wildman–Crippen MR) is 64.3 cm³/mol. The smallest absolute Gasteiger partial charge is 0.0158 e. The maximum Gasteiger partial charge on any atom is -0.0158 e. The lowest BCUT2D eigenvalue weighted by molar-refractivity contribution is 1.13. The molecule has 0 bridgehead atoms. The monoisotopic (exact) mass is 186 g/mol. The van der Waals surface area contributed by atoms with E-state index < -0.39 is 0 Å². The summed E-state index contributed by atoms with van der Waals surface area (Å²) in [6, 6.07) is 8.45. The molecular weight excluding hydrogens is 168 g/mol. The van der Waals surface area contributed by atoms with Crippen molar-refractivity contribution in [2.24, 2.45) is 0 Å². The Bertz CT molecular complexity index is 352. The zero-order valence-corrected chi connectivity index (χ0v) is 9.30. The van der Waals surface area contributed by atoms with Crippen LogP contribution in [0.4, 0.5) is 0 Å². The highest BCUT2D eigenvalue weighted by atomic mass is 14.1. The third kappa shape index (κ3) is 2.59. The highest BCUT2D eigenvalue weighted by Gasteiger charge is 2.00. The zero-order chi connectivity index (χ0) is 10.6. The SMILES string of the molecule is C=C(C=C(C)C)c1ccccc1CC. The molecule has 14 heavy (non-hydrogen) atoms. The van der Waals surface area contributed by atoms with Gasteiger partial charge >= 0.3 is 0 Å². The van der Waals surface area contributed by atoms with Crippen molar-refractivity contribution < 1.29 is 0 Å². The summed E-state index contributed by atoms with van der Waals surface area (Å²) in [6.07, 6.45) is 3.19. The van der Waals surface area contributed by atoms with Gasteiger partial charge < -0.3 is 0 Å². The van der Waals surface area contributed by atoms with Gasteiger partial charge in [-0.2, -0.15) is 0 Å². The fraction of sp³-hybridized carbons (Fsp3) is 0.286. The van der Waals surface area contributed by atoms with Crippen LogP contribution in [-0.4, -0.2) is 0 Å². The third-order valence-electron chi connectivity index (χ3n) is 2.21. The van der Waals surface area contributed by atoms with Gasteiger partial charge in [-0.3, -0.25) is 0 Å². The Labute approximate surface area is 87.0 Å².